The molecule has 0 heterocycles. The fourth-order valence-electron chi connectivity index (χ4n) is 2.73. The molecule has 1 fully saturated rings. The van der Waals surface area contributed by atoms with Crippen LogP contribution in [0.25, 0.3) is 0 Å². The minimum Gasteiger partial charge on any atom is -0.382 e. The van der Waals surface area contributed by atoms with Crippen LogP contribution in [0.15, 0.2) is 18.2 Å². The summed E-state index contributed by atoms with van der Waals surface area (Å²) < 4.78 is 13.7. The highest BCUT2D eigenvalue weighted by Gasteiger charge is 2.18. The van der Waals surface area contributed by atoms with Crippen molar-refractivity contribution in [3.63, 3.8) is 0 Å². The van der Waals surface area contributed by atoms with E-state index in [4.69, 9.17) is 5.26 Å². The quantitative estimate of drug-likeness (QED) is 0.877. The van der Waals surface area contributed by atoms with Crippen LogP contribution in [0.1, 0.15) is 38.2 Å². The number of nitrogens with one attached hydrogen (secondary N) is 1. The summed E-state index contributed by atoms with van der Waals surface area (Å²) in [5.74, 6) is 1.10. The lowest BCUT2D eigenvalue weighted by molar-refractivity contribution is 0.293. The summed E-state index contributed by atoms with van der Waals surface area (Å²) in [6.45, 7) is 3.11. The molecule has 0 spiro atoms. The average molecular weight is 246 g/mol. The number of benzene rings is 1. The predicted molar refractivity (Wildman–Crippen MR) is 70.7 cm³/mol. The van der Waals surface area contributed by atoms with Crippen LogP contribution in [0, 0.1) is 29.0 Å². The summed E-state index contributed by atoms with van der Waals surface area (Å²) in [4.78, 5) is 0. The molecule has 0 bridgehead atoms. The Hall–Kier alpha value is -1.56. The van der Waals surface area contributed by atoms with Crippen molar-refractivity contribution in [3.8, 4) is 6.07 Å². The van der Waals surface area contributed by atoms with Gasteiger partial charge in [-0.3, -0.25) is 0 Å². The fraction of sp³-hybridized carbons (Fsp3) is 0.533. The zero-order chi connectivity index (χ0) is 13.0. The first-order valence-electron chi connectivity index (χ1n) is 6.62. The Morgan fingerprint density at radius 2 is 2.28 bits per heavy atom. The van der Waals surface area contributed by atoms with Crippen LogP contribution in [-0.4, -0.2) is 6.54 Å². The molecule has 1 aliphatic carbocycles. The lowest BCUT2D eigenvalue weighted by Gasteiger charge is -2.27. The van der Waals surface area contributed by atoms with Gasteiger partial charge >= 0.3 is 0 Å². The normalized spacial score (nSPS) is 23.4. The van der Waals surface area contributed by atoms with Gasteiger partial charge in [0.15, 0.2) is 0 Å². The first-order valence-corrected chi connectivity index (χ1v) is 6.62. The monoisotopic (exact) mass is 246 g/mol. The van der Waals surface area contributed by atoms with Gasteiger partial charge < -0.3 is 5.32 Å². The lowest BCUT2D eigenvalue weighted by Crippen LogP contribution is -2.21. The molecule has 0 amide bonds. The van der Waals surface area contributed by atoms with Crippen molar-refractivity contribution in [1.82, 2.24) is 0 Å². The number of nitriles is 1. The summed E-state index contributed by atoms with van der Waals surface area (Å²) in [6, 6.07) is 6.52. The smallest absolute Gasteiger partial charge is 0.147 e. The van der Waals surface area contributed by atoms with Crippen LogP contribution in [0.3, 0.4) is 0 Å². The Morgan fingerprint density at radius 3 is 2.94 bits per heavy atom. The minimum absolute atomic E-state index is 0.335. The molecular formula is C15H19FN2. The Labute approximate surface area is 108 Å². The molecule has 1 aromatic carbocycles. The summed E-state index contributed by atoms with van der Waals surface area (Å²) in [5, 5.41) is 11.8. The third kappa shape index (κ3) is 3.22. The number of halogens is 1. The van der Waals surface area contributed by atoms with Crippen molar-refractivity contribution in [3.05, 3.63) is 29.6 Å². The number of rotatable bonds is 3. The van der Waals surface area contributed by atoms with Gasteiger partial charge in [0.05, 0.1) is 17.3 Å². The van der Waals surface area contributed by atoms with E-state index in [1.165, 1.54) is 31.7 Å². The van der Waals surface area contributed by atoms with Gasteiger partial charge in [-0.1, -0.05) is 19.8 Å². The van der Waals surface area contributed by atoms with E-state index in [9.17, 15) is 4.39 Å². The van der Waals surface area contributed by atoms with Crippen molar-refractivity contribution < 1.29 is 4.39 Å². The highest BCUT2D eigenvalue weighted by molar-refractivity contribution is 5.48. The molecule has 1 aliphatic rings. The van der Waals surface area contributed by atoms with Gasteiger partial charge in [-0.15, -0.1) is 0 Å². The molecule has 1 saturated carbocycles. The molecule has 2 rings (SSSR count). The van der Waals surface area contributed by atoms with Gasteiger partial charge in [0.1, 0.15) is 5.82 Å². The molecule has 2 nitrogen and oxygen atoms in total. The molecule has 1 aromatic rings. The van der Waals surface area contributed by atoms with E-state index in [0.717, 1.165) is 12.5 Å². The highest BCUT2D eigenvalue weighted by atomic mass is 19.1. The zero-order valence-corrected chi connectivity index (χ0v) is 10.7. The predicted octanol–water partition coefficient (Wildman–Crippen LogP) is 3.94. The van der Waals surface area contributed by atoms with Gasteiger partial charge in [-0.2, -0.15) is 5.26 Å². The fourth-order valence-corrected chi connectivity index (χ4v) is 2.73. The van der Waals surface area contributed by atoms with E-state index in [1.54, 1.807) is 12.1 Å². The molecule has 1 N–H and O–H groups in total. The van der Waals surface area contributed by atoms with E-state index in [1.807, 2.05) is 6.07 Å². The van der Waals surface area contributed by atoms with Crippen LogP contribution in [0.2, 0.25) is 0 Å². The standard InChI is InChI=1S/C15H19FN2/c1-11-3-2-4-13(7-11)10-18-15-6-5-12(9-17)8-14(15)16/h5-6,8,11,13,18H,2-4,7,10H2,1H3. The molecule has 0 saturated heterocycles. The van der Waals surface area contributed by atoms with Crippen LogP contribution in [-0.2, 0) is 0 Å². The Morgan fingerprint density at radius 1 is 1.44 bits per heavy atom. The molecule has 96 valence electrons. The largest absolute Gasteiger partial charge is 0.382 e. The summed E-state index contributed by atoms with van der Waals surface area (Å²) >= 11 is 0. The van der Waals surface area contributed by atoms with Gasteiger partial charge in [-0.05, 0) is 42.9 Å². The lowest BCUT2D eigenvalue weighted by atomic mass is 9.82. The van der Waals surface area contributed by atoms with Crippen LogP contribution in [0.4, 0.5) is 10.1 Å². The second-order valence-corrected chi connectivity index (χ2v) is 5.33. The molecule has 3 heteroatoms. The molecular weight excluding hydrogens is 227 g/mol. The van der Waals surface area contributed by atoms with E-state index in [-0.39, 0.29) is 5.82 Å². The van der Waals surface area contributed by atoms with E-state index in [0.29, 0.717) is 17.2 Å². The van der Waals surface area contributed by atoms with Gasteiger partial charge in [0, 0.05) is 6.54 Å². The third-order valence-corrected chi connectivity index (χ3v) is 3.72. The summed E-state index contributed by atoms with van der Waals surface area (Å²) in [7, 11) is 0. The number of anilines is 1. The maximum atomic E-state index is 13.7. The highest BCUT2D eigenvalue weighted by Crippen LogP contribution is 2.29. The van der Waals surface area contributed by atoms with E-state index < -0.39 is 0 Å². The van der Waals surface area contributed by atoms with Crippen molar-refractivity contribution in [1.29, 1.82) is 5.26 Å². The molecule has 2 unspecified atom stereocenters. The molecule has 0 aliphatic heterocycles. The molecule has 0 aromatic heterocycles. The zero-order valence-electron chi connectivity index (χ0n) is 10.7. The van der Waals surface area contributed by atoms with Crippen molar-refractivity contribution in [2.75, 3.05) is 11.9 Å². The minimum atomic E-state index is -0.335. The molecule has 2 atom stereocenters. The van der Waals surface area contributed by atoms with E-state index in [2.05, 4.69) is 12.2 Å². The SMILES string of the molecule is CC1CCCC(CNc2ccc(C#N)cc2F)C1. The first kappa shape index (κ1) is 12.9. The first-order chi connectivity index (χ1) is 8.69. The Kier molecular flexibility index (Phi) is 4.19. The van der Waals surface area contributed by atoms with Crippen LogP contribution < -0.4 is 5.32 Å². The second kappa shape index (κ2) is 5.86. The Bertz CT molecular complexity index is 450. The topological polar surface area (TPSA) is 35.8 Å². The van der Waals surface area contributed by atoms with E-state index >= 15 is 0 Å². The van der Waals surface area contributed by atoms with Crippen LogP contribution in [0.5, 0.6) is 0 Å². The molecule has 0 radical (unpaired) electrons. The van der Waals surface area contributed by atoms with Gasteiger partial charge in [-0.25, -0.2) is 4.39 Å². The number of nitrogens with zero attached hydrogens (tertiary/aromatic N) is 1. The Balaban J connectivity index is 1.92. The van der Waals surface area contributed by atoms with Crippen molar-refractivity contribution >= 4 is 5.69 Å². The third-order valence-electron chi connectivity index (χ3n) is 3.72. The van der Waals surface area contributed by atoms with Crippen molar-refractivity contribution in [2.45, 2.75) is 32.6 Å². The summed E-state index contributed by atoms with van der Waals surface area (Å²) in [6.07, 6.45) is 5.06. The summed E-state index contributed by atoms with van der Waals surface area (Å²) in [5.41, 5.74) is 0.872. The average Bonchev–Trinajstić information content (AvgIpc) is 2.37. The van der Waals surface area contributed by atoms with Crippen LogP contribution >= 0.6 is 0 Å². The number of hydrogen-bond acceptors (Lipinski definition) is 2. The molecule has 18 heavy (non-hydrogen) atoms. The van der Waals surface area contributed by atoms with Gasteiger partial charge in [0.2, 0.25) is 0 Å². The van der Waals surface area contributed by atoms with Gasteiger partial charge in [0.25, 0.3) is 0 Å². The van der Waals surface area contributed by atoms with Crippen molar-refractivity contribution in [2.24, 2.45) is 11.8 Å². The maximum absolute atomic E-state index is 13.7. The number of hydrogen-bond donors (Lipinski definition) is 1. The second-order valence-electron chi connectivity index (χ2n) is 5.33. The maximum Gasteiger partial charge on any atom is 0.147 e.